The number of piperidine rings is 1. The Morgan fingerprint density at radius 1 is 1.04 bits per heavy atom. The normalized spacial score (nSPS) is 14.9. The SMILES string of the molecule is O=C(Cc1cccc2[nH]ccc12)Nc1ccccc1OCCN1CCCCC1. The van der Waals surface area contributed by atoms with Gasteiger partial charge in [-0.3, -0.25) is 9.69 Å². The number of carbonyl (C=O) groups excluding carboxylic acids is 1. The van der Waals surface area contributed by atoms with E-state index in [1.807, 2.05) is 54.7 Å². The summed E-state index contributed by atoms with van der Waals surface area (Å²) in [6.07, 6.45) is 6.12. The van der Waals surface area contributed by atoms with Gasteiger partial charge in [-0.05, 0) is 55.8 Å². The largest absolute Gasteiger partial charge is 0.490 e. The lowest BCUT2D eigenvalue weighted by Crippen LogP contribution is -2.33. The van der Waals surface area contributed by atoms with Gasteiger partial charge in [0.15, 0.2) is 0 Å². The number of benzene rings is 2. The minimum Gasteiger partial charge on any atom is -0.490 e. The first-order chi connectivity index (χ1) is 13.8. The third kappa shape index (κ3) is 4.54. The van der Waals surface area contributed by atoms with Crippen molar-refractivity contribution in [2.24, 2.45) is 0 Å². The Bertz CT molecular complexity index is 928. The molecular formula is C23H27N3O2. The molecule has 5 nitrogen and oxygen atoms in total. The average Bonchev–Trinajstić information content (AvgIpc) is 3.20. The Kier molecular flexibility index (Phi) is 5.92. The molecule has 0 spiro atoms. The maximum absolute atomic E-state index is 12.6. The molecule has 0 atom stereocenters. The van der Waals surface area contributed by atoms with Gasteiger partial charge >= 0.3 is 0 Å². The molecule has 1 aliphatic rings. The number of likely N-dealkylation sites (tertiary alicyclic amines) is 1. The number of hydrogen-bond donors (Lipinski definition) is 2. The molecular weight excluding hydrogens is 350 g/mol. The summed E-state index contributed by atoms with van der Waals surface area (Å²) in [5, 5.41) is 4.10. The van der Waals surface area contributed by atoms with Crippen molar-refractivity contribution in [1.82, 2.24) is 9.88 Å². The number of anilines is 1. The van der Waals surface area contributed by atoms with Gasteiger partial charge in [0.1, 0.15) is 12.4 Å². The molecule has 5 heteroatoms. The number of para-hydroxylation sites is 2. The van der Waals surface area contributed by atoms with Crippen molar-refractivity contribution < 1.29 is 9.53 Å². The van der Waals surface area contributed by atoms with E-state index < -0.39 is 0 Å². The van der Waals surface area contributed by atoms with Crippen molar-refractivity contribution in [3.63, 3.8) is 0 Å². The van der Waals surface area contributed by atoms with Crippen LogP contribution < -0.4 is 10.1 Å². The predicted molar refractivity (Wildman–Crippen MR) is 113 cm³/mol. The Morgan fingerprint density at radius 3 is 2.79 bits per heavy atom. The van der Waals surface area contributed by atoms with E-state index in [4.69, 9.17) is 4.74 Å². The maximum Gasteiger partial charge on any atom is 0.228 e. The van der Waals surface area contributed by atoms with Crippen LogP contribution >= 0.6 is 0 Å². The third-order valence-electron chi connectivity index (χ3n) is 5.31. The Hall–Kier alpha value is -2.79. The minimum absolute atomic E-state index is 0.0409. The summed E-state index contributed by atoms with van der Waals surface area (Å²) in [4.78, 5) is 18.3. The number of fused-ring (bicyclic) bond motifs is 1. The number of H-pyrrole nitrogens is 1. The summed E-state index contributed by atoms with van der Waals surface area (Å²) in [6.45, 7) is 3.88. The quantitative estimate of drug-likeness (QED) is 0.648. The molecule has 28 heavy (non-hydrogen) atoms. The molecule has 1 aliphatic heterocycles. The number of ether oxygens (including phenoxy) is 1. The van der Waals surface area contributed by atoms with E-state index in [0.29, 0.717) is 13.0 Å². The lowest BCUT2D eigenvalue weighted by atomic mass is 10.1. The van der Waals surface area contributed by atoms with Crippen LogP contribution in [-0.2, 0) is 11.2 Å². The summed E-state index contributed by atoms with van der Waals surface area (Å²) in [5.41, 5.74) is 2.79. The fourth-order valence-corrected chi connectivity index (χ4v) is 3.84. The lowest BCUT2D eigenvalue weighted by molar-refractivity contribution is -0.115. The smallest absolute Gasteiger partial charge is 0.228 e. The van der Waals surface area contributed by atoms with Crippen LogP contribution in [0.5, 0.6) is 5.75 Å². The second kappa shape index (κ2) is 8.93. The molecule has 1 amide bonds. The predicted octanol–water partition coefficient (Wildman–Crippen LogP) is 4.21. The summed E-state index contributed by atoms with van der Waals surface area (Å²) < 4.78 is 5.99. The van der Waals surface area contributed by atoms with Crippen molar-refractivity contribution >= 4 is 22.5 Å². The highest BCUT2D eigenvalue weighted by atomic mass is 16.5. The molecule has 2 heterocycles. The Morgan fingerprint density at radius 2 is 1.89 bits per heavy atom. The zero-order valence-corrected chi connectivity index (χ0v) is 16.1. The molecule has 3 aromatic rings. The van der Waals surface area contributed by atoms with Crippen molar-refractivity contribution in [2.75, 3.05) is 31.6 Å². The van der Waals surface area contributed by atoms with Crippen LogP contribution in [0.1, 0.15) is 24.8 Å². The highest BCUT2D eigenvalue weighted by Crippen LogP contribution is 2.25. The van der Waals surface area contributed by atoms with Crippen molar-refractivity contribution in [3.05, 3.63) is 60.3 Å². The molecule has 0 saturated carbocycles. The highest BCUT2D eigenvalue weighted by molar-refractivity contribution is 5.96. The second-order valence-electron chi connectivity index (χ2n) is 7.33. The Balaban J connectivity index is 1.36. The van der Waals surface area contributed by atoms with E-state index in [2.05, 4.69) is 15.2 Å². The number of rotatable bonds is 7. The van der Waals surface area contributed by atoms with Crippen LogP contribution in [-0.4, -0.2) is 42.0 Å². The van der Waals surface area contributed by atoms with Gasteiger partial charge < -0.3 is 15.0 Å². The van der Waals surface area contributed by atoms with Crippen LogP contribution in [0.2, 0.25) is 0 Å². The number of carbonyl (C=O) groups is 1. The number of aromatic nitrogens is 1. The van der Waals surface area contributed by atoms with Gasteiger partial charge in [-0.1, -0.05) is 30.7 Å². The van der Waals surface area contributed by atoms with Crippen molar-refractivity contribution in [3.8, 4) is 5.75 Å². The van der Waals surface area contributed by atoms with Gasteiger partial charge in [0, 0.05) is 23.6 Å². The molecule has 1 fully saturated rings. The highest BCUT2D eigenvalue weighted by Gasteiger charge is 2.12. The number of nitrogens with one attached hydrogen (secondary N) is 2. The van der Waals surface area contributed by atoms with E-state index in [0.717, 1.165) is 47.5 Å². The molecule has 0 unspecified atom stereocenters. The molecule has 0 aliphatic carbocycles. The summed E-state index contributed by atoms with van der Waals surface area (Å²) in [7, 11) is 0. The van der Waals surface area contributed by atoms with Gasteiger partial charge in [0.2, 0.25) is 5.91 Å². The first kappa shape index (κ1) is 18.6. The van der Waals surface area contributed by atoms with E-state index in [1.54, 1.807) is 0 Å². The van der Waals surface area contributed by atoms with Crippen LogP contribution in [0.25, 0.3) is 10.9 Å². The van der Waals surface area contributed by atoms with Gasteiger partial charge in [0.05, 0.1) is 12.1 Å². The summed E-state index contributed by atoms with van der Waals surface area (Å²) in [5.74, 6) is 0.688. The fraction of sp³-hybridized carbons (Fsp3) is 0.348. The third-order valence-corrected chi connectivity index (χ3v) is 5.31. The molecule has 2 N–H and O–H groups in total. The molecule has 2 aromatic carbocycles. The molecule has 0 radical (unpaired) electrons. The fourth-order valence-electron chi connectivity index (χ4n) is 3.84. The first-order valence-corrected chi connectivity index (χ1v) is 10.1. The number of amides is 1. The summed E-state index contributed by atoms with van der Waals surface area (Å²) >= 11 is 0. The van der Waals surface area contributed by atoms with E-state index >= 15 is 0 Å². The number of hydrogen-bond acceptors (Lipinski definition) is 3. The second-order valence-corrected chi connectivity index (χ2v) is 7.33. The minimum atomic E-state index is -0.0409. The average molecular weight is 377 g/mol. The topological polar surface area (TPSA) is 57.4 Å². The van der Waals surface area contributed by atoms with Gasteiger partial charge in [-0.15, -0.1) is 0 Å². The van der Waals surface area contributed by atoms with Gasteiger partial charge in [0.25, 0.3) is 0 Å². The molecule has 4 rings (SSSR count). The molecule has 1 saturated heterocycles. The standard InChI is InChI=1S/C23H27N3O2/c27-23(17-18-7-6-9-20-19(18)11-12-24-20)25-21-8-2-3-10-22(21)28-16-15-26-13-4-1-5-14-26/h2-3,6-12,24H,1,4-5,13-17H2,(H,25,27). The molecule has 0 bridgehead atoms. The Labute approximate surface area is 165 Å². The first-order valence-electron chi connectivity index (χ1n) is 10.1. The molecule has 146 valence electrons. The monoisotopic (exact) mass is 377 g/mol. The number of aromatic amines is 1. The maximum atomic E-state index is 12.6. The van der Waals surface area contributed by atoms with Crippen molar-refractivity contribution in [1.29, 1.82) is 0 Å². The van der Waals surface area contributed by atoms with Gasteiger partial charge in [-0.25, -0.2) is 0 Å². The number of nitrogens with zero attached hydrogens (tertiary/aromatic N) is 1. The van der Waals surface area contributed by atoms with Crippen LogP contribution in [0.15, 0.2) is 54.7 Å². The van der Waals surface area contributed by atoms with Gasteiger partial charge in [-0.2, -0.15) is 0 Å². The van der Waals surface area contributed by atoms with E-state index in [1.165, 1.54) is 19.3 Å². The van der Waals surface area contributed by atoms with Crippen molar-refractivity contribution in [2.45, 2.75) is 25.7 Å². The zero-order chi connectivity index (χ0) is 19.2. The lowest BCUT2D eigenvalue weighted by Gasteiger charge is -2.26. The zero-order valence-electron chi connectivity index (χ0n) is 16.1. The van der Waals surface area contributed by atoms with Crippen LogP contribution in [0.4, 0.5) is 5.69 Å². The molecule has 1 aromatic heterocycles. The van der Waals surface area contributed by atoms with E-state index in [-0.39, 0.29) is 5.91 Å². The van der Waals surface area contributed by atoms with E-state index in [9.17, 15) is 4.79 Å². The van der Waals surface area contributed by atoms with Crippen LogP contribution in [0.3, 0.4) is 0 Å². The van der Waals surface area contributed by atoms with Crippen LogP contribution in [0, 0.1) is 0 Å². The summed E-state index contributed by atoms with van der Waals surface area (Å²) in [6, 6.07) is 15.7.